The molecule has 0 bridgehead atoms. The predicted octanol–water partition coefficient (Wildman–Crippen LogP) is 3.27. The number of hydrogen-bond donors (Lipinski definition) is 0. The summed E-state index contributed by atoms with van der Waals surface area (Å²) in [7, 11) is 1.60. The van der Waals surface area contributed by atoms with Gasteiger partial charge >= 0.3 is 0 Å². The van der Waals surface area contributed by atoms with Crippen LogP contribution in [0, 0.1) is 6.92 Å². The van der Waals surface area contributed by atoms with E-state index in [0.717, 1.165) is 11.8 Å². The molecule has 0 unspecified atom stereocenters. The van der Waals surface area contributed by atoms with Crippen LogP contribution < -0.4 is 14.2 Å². The molecule has 0 radical (unpaired) electrons. The highest BCUT2D eigenvalue weighted by Crippen LogP contribution is 2.25. The minimum atomic E-state index is 0.349. The first-order valence-electron chi connectivity index (χ1n) is 6.69. The van der Waals surface area contributed by atoms with Crippen LogP contribution in [0.25, 0.3) is 0 Å². The Balaban J connectivity index is 1.89. The van der Waals surface area contributed by atoms with E-state index in [1.807, 2.05) is 37.3 Å². The van der Waals surface area contributed by atoms with Crippen LogP contribution in [0.1, 0.15) is 15.9 Å². The monoisotopic (exact) mass is 286 g/mol. The van der Waals surface area contributed by atoms with Gasteiger partial charge in [-0.1, -0.05) is 23.8 Å². The smallest absolute Gasteiger partial charge is 0.161 e. The molecule has 0 N–H and O–H groups in total. The van der Waals surface area contributed by atoms with Crippen LogP contribution in [0.5, 0.6) is 17.2 Å². The zero-order valence-electron chi connectivity index (χ0n) is 12.2. The van der Waals surface area contributed by atoms with Crippen LogP contribution in [-0.2, 0) is 0 Å². The quantitative estimate of drug-likeness (QED) is 0.579. The van der Waals surface area contributed by atoms with Gasteiger partial charge in [0.05, 0.1) is 12.7 Å². The zero-order chi connectivity index (χ0) is 15.1. The van der Waals surface area contributed by atoms with Crippen molar-refractivity contribution in [2.75, 3.05) is 20.3 Å². The molecule has 2 aromatic rings. The van der Waals surface area contributed by atoms with Gasteiger partial charge in [0.2, 0.25) is 0 Å². The number of carbonyl (C=O) groups is 1. The number of carbonyl (C=O) groups excluding carboxylic acids is 1. The molecular weight excluding hydrogens is 268 g/mol. The van der Waals surface area contributed by atoms with Gasteiger partial charge < -0.3 is 14.2 Å². The van der Waals surface area contributed by atoms with E-state index in [1.165, 1.54) is 0 Å². The second kappa shape index (κ2) is 7.33. The molecule has 0 aromatic heterocycles. The van der Waals surface area contributed by atoms with Crippen molar-refractivity contribution < 1.29 is 19.0 Å². The third-order valence-electron chi connectivity index (χ3n) is 2.96. The minimum absolute atomic E-state index is 0.349. The van der Waals surface area contributed by atoms with Gasteiger partial charge in [-0.3, -0.25) is 4.79 Å². The maximum absolute atomic E-state index is 11.0. The molecule has 4 heteroatoms. The largest absolute Gasteiger partial charge is 0.493 e. The van der Waals surface area contributed by atoms with Gasteiger partial charge in [-0.2, -0.15) is 0 Å². The lowest BCUT2D eigenvalue weighted by molar-refractivity contribution is 0.111. The second-order valence-corrected chi connectivity index (χ2v) is 4.51. The number of rotatable bonds is 7. The van der Waals surface area contributed by atoms with Crippen molar-refractivity contribution in [3.8, 4) is 17.2 Å². The Morgan fingerprint density at radius 2 is 1.62 bits per heavy atom. The summed E-state index contributed by atoms with van der Waals surface area (Å²) in [4.78, 5) is 11.0. The van der Waals surface area contributed by atoms with Crippen molar-refractivity contribution in [3.05, 3.63) is 53.6 Å². The SMILES string of the molecule is COc1ccccc1OCCOc1ccc(C)cc1C=O. The molecular formula is C17H18O4. The number of hydrogen-bond acceptors (Lipinski definition) is 4. The summed E-state index contributed by atoms with van der Waals surface area (Å²) in [6, 6.07) is 12.9. The first-order chi connectivity index (χ1) is 10.2. The lowest BCUT2D eigenvalue weighted by Crippen LogP contribution is -2.10. The van der Waals surface area contributed by atoms with Crippen molar-refractivity contribution >= 4 is 6.29 Å². The van der Waals surface area contributed by atoms with Crippen LogP contribution in [0.4, 0.5) is 0 Å². The van der Waals surface area contributed by atoms with Crippen LogP contribution in [0.15, 0.2) is 42.5 Å². The molecule has 0 aliphatic rings. The highest BCUT2D eigenvalue weighted by atomic mass is 16.5. The predicted molar refractivity (Wildman–Crippen MR) is 80.6 cm³/mol. The van der Waals surface area contributed by atoms with E-state index in [1.54, 1.807) is 19.2 Å². The lowest BCUT2D eigenvalue weighted by atomic mass is 10.1. The van der Waals surface area contributed by atoms with Crippen molar-refractivity contribution in [2.45, 2.75) is 6.92 Å². The fourth-order valence-electron chi connectivity index (χ4n) is 1.93. The molecule has 0 heterocycles. The Kier molecular flexibility index (Phi) is 5.21. The zero-order valence-corrected chi connectivity index (χ0v) is 12.2. The van der Waals surface area contributed by atoms with Crippen LogP contribution in [0.2, 0.25) is 0 Å². The molecule has 0 saturated heterocycles. The third-order valence-corrected chi connectivity index (χ3v) is 2.96. The Morgan fingerprint density at radius 3 is 2.29 bits per heavy atom. The van der Waals surface area contributed by atoms with Gasteiger partial charge in [-0.15, -0.1) is 0 Å². The summed E-state index contributed by atoms with van der Waals surface area (Å²) in [6.07, 6.45) is 0.795. The van der Waals surface area contributed by atoms with E-state index in [4.69, 9.17) is 14.2 Å². The molecule has 0 aliphatic carbocycles. The van der Waals surface area contributed by atoms with Gasteiger partial charge in [-0.25, -0.2) is 0 Å². The molecule has 0 aliphatic heterocycles. The maximum atomic E-state index is 11.0. The Morgan fingerprint density at radius 1 is 0.952 bits per heavy atom. The van der Waals surface area contributed by atoms with Gasteiger partial charge in [0.1, 0.15) is 19.0 Å². The first kappa shape index (κ1) is 14.9. The minimum Gasteiger partial charge on any atom is -0.493 e. The molecule has 0 fully saturated rings. The topological polar surface area (TPSA) is 44.8 Å². The fraction of sp³-hybridized carbons (Fsp3) is 0.235. The highest BCUT2D eigenvalue weighted by molar-refractivity contribution is 5.79. The Hall–Kier alpha value is -2.49. The summed E-state index contributed by atoms with van der Waals surface area (Å²) in [5.74, 6) is 1.92. The average Bonchev–Trinajstić information content (AvgIpc) is 2.52. The number of methoxy groups -OCH3 is 1. The maximum Gasteiger partial charge on any atom is 0.161 e. The number of aldehydes is 1. The van der Waals surface area contributed by atoms with Gasteiger partial charge in [-0.05, 0) is 31.2 Å². The summed E-state index contributed by atoms with van der Waals surface area (Å²) in [5.41, 5.74) is 1.57. The molecule has 2 rings (SSSR count). The number of benzene rings is 2. The molecule has 4 nitrogen and oxygen atoms in total. The molecule has 0 atom stereocenters. The lowest BCUT2D eigenvalue weighted by Gasteiger charge is -2.12. The standard InChI is InChI=1S/C17H18O4/c1-13-7-8-15(14(11-13)12-18)20-9-10-21-17-6-4-3-5-16(17)19-2/h3-8,11-12H,9-10H2,1-2H3. The molecule has 0 saturated carbocycles. The first-order valence-corrected chi connectivity index (χ1v) is 6.69. The Bertz CT molecular complexity index is 607. The van der Waals surface area contributed by atoms with Crippen molar-refractivity contribution in [1.29, 1.82) is 0 Å². The summed E-state index contributed by atoms with van der Waals surface area (Å²) < 4.78 is 16.4. The van der Waals surface area contributed by atoms with Crippen LogP contribution in [-0.4, -0.2) is 26.6 Å². The van der Waals surface area contributed by atoms with Crippen LogP contribution in [0.3, 0.4) is 0 Å². The van der Waals surface area contributed by atoms with Gasteiger partial charge in [0.25, 0.3) is 0 Å². The molecule has 0 spiro atoms. The number of para-hydroxylation sites is 2. The average molecular weight is 286 g/mol. The highest BCUT2D eigenvalue weighted by Gasteiger charge is 2.05. The van der Waals surface area contributed by atoms with E-state index in [9.17, 15) is 4.79 Å². The summed E-state index contributed by atoms with van der Waals surface area (Å²) in [6.45, 7) is 2.65. The van der Waals surface area contributed by atoms with Crippen molar-refractivity contribution in [2.24, 2.45) is 0 Å². The van der Waals surface area contributed by atoms with E-state index in [0.29, 0.717) is 36.0 Å². The van der Waals surface area contributed by atoms with E-state index >= 15 is 0 Å². The van der Waals surface area contributed by atoms with E-state index < -0.39 is 0 Å². The summed E-state index contributed by atoms with van der Waals surface area (Å²) >= 11 is 0. The van der Waals surface area contributed by atoms with Gasteiger partial charge in [0.15, 0.2) is 17.8 Å². The molecule has 21 heavy (non-hydrogen) atoms. The van der Waals surface area contributed by atoms with Crippen LogP contribution >= 0.6 is 0 Å². The van der Waals surface area contributed by atoms with Crippen molar-refractivity contribution in [3.63, 3.8) is 0 Å². The summed E-state index contributed by atoms with van der Waals surface area (Å²) in [5, 5.41) is 0. The van der Waals surface area contributed by atoms with E-state index in [-0.39, 0.29) is 0 Å². The fourth-order valence-corrected chi connectivity index (χ4v) is 1.93. The Labute approximate surface area is 124 Å². The third kappa shape index (κ3) is 3.99. The second-order valence-electron chi connectivity index (χ2n) is 4.51. The normalized spacial score (nSPS) is 10.0. The van der Waals surface area contributed by atoms with Gasteiger partial charge in [0, 0.05) is 0 Å². The molecule has 0 amide bonds. The molecule has 2 aromatic carbocycles. The van der Waals surface area contributed by atoms with Crippen molar-refractivity contribution in [1.82, 2.24) is 0 Å². The number of aryl methyl sites for hydroxylation is 1. The molecule has 110 valence electrons. The number of ether oxygens (including phenoxy) is 3. The van der Waals surface area contributed by atoms with E-state index in [2.05, 4.69) is 0 Å².